The maximum atomic E-state index is 4.45. The maximum absolute atomic E-state index is 4.45. The summed E-state index contributed by atoms with van der Waals surface area (Å²) in [6.07, 6.45) is 1.83. The molecule has 1 aromatic heterocycles. The molecule has 2 rings (SSSR count). The summed E-state index contributed by atoms with van der Waals surface area (Å²) in [5.41, 5.74) is 0.940. The summed E-state index contributed by atoms with van der Waals surface area (Å²) in [4.78, 5) is 8.69. The lowest BCUT2D eigenvalue weighted by Crippen LogP contribution is -2.12. The molecule has 0 aliphatic rings. The summed E-state index contributed by atoms with van der Waals surface area (Å²) in [5.74, 6) is 0.671. The van der Waals surface area contributed by atoms with E-state index in [0.717, 1.165) is 15.4 Å². The van der Waals surface area contributed by atoms with Crippen LogP contribution in [-0.4, -0.2) is 16.0 Å². The topological polar surface area (TPSA) is 37.8 Å². The highest BCUT2D eigenvalue weighted by atomic mass is 79.9. The van der Waals surface area contributed by atoms with Crippen molar-refractivity contribution in [2.45, 2.75) is 19.9 Å². The van der Waals surface area contributed by atoms with Crippen molar-refractivity contribution in [3.63, 3.8) is 0 Å². The van der Waals surface area contributed by atoms with Crippen LogP contribution in [0.1, 0.15) is 13.8 Å². The summed E-state index contributed by atoms with van der Waals surface area (Å²) in [5, 5.41) is 4.22. The smallest absolute Gasteiger partial charge is 0.223 e. The molecule has 0 saturated carbocycles. The fourth-order valence-corrected chi connectivity index (χ4v) is 1.82. The molecule has 0 spiro atoms. The fraction of sp³-hybridized carbons (Fsp3) is 0.273. The number of benzene rings is 1. The molecule has 15 heavy (non-hydrogen) atoms. The van der Waals surface area contributed by atoms with Crippen molar-refractivity contribution < 1.29 is 0 Å². The van der Waals surface area contributed by atoms with Crippen LogP contribution in [0.2, 0.25) is 0 Å². The van der Waals surface area contributed by atoms with E-state index in [2.05, 4.69) is 45.1 Å². The highest BCUT2D eigenvalue weighted by Gasteiger charge is 2.03. The summed E-state index contributed by atoms with van der Waals surface area (Å²) in [7, 11) is 0. The molecule has 1 heterocycles. The summed E-state index contributed by atoms with van der Waals surface area (Å²) < 4.78 is 0.995. The van der Waals surface area contributed by atoms with Crippen molar-refractivity contribution in [3.8, 4) is 0 Å². The zero-order valence-electron chi connectivity index (χ0n) is 8.66. The second-order valence-electron chi connectivity index (χ2n) is 3.67. The first-order valence-electron chi connectivity index (χ1n) is 4.84. The van der Waals surface area contributed by atoms with Crippen LogP contribution in [0.4, 0.5) is 5.95 Å². The lowest BCUT2D eigenvalue weighted by molar-refractivity contribution is 0.878. The minimum Gasteiger partial charge on any atom is -0.352 e. The number of para-hydroxylation sites is 1. The number of halogens is 1. The number of anilines is 1. The molecule has 0 radical (unpaired) electrons. The van der Waals surface area contributed by atoms with Gasteiger partial charge in [0, 0.05) is 22.1 Å². The molecule has 3 nitrogen and oxygen atoms in total. The highest BCUT2D eigenvalue weighted by Crippen LogP contribution is 2.22. The Kier molecular flexibility index (Phi) is 2.86. The van der Waals surface area contributed by atoms with Crippen LogP contribution in [0.15, 0.2) is 28.9 Å². The molecule has 1 N–H and O–H groups in total. The van der Waals surface area contributed by atoms with Crippen LogP contribution in [0.3, 0.4) is 0 Å². The molecule has 0 fully saturated rings. The molecule has 0 atom stereocenters. The molecule has 78 valence electrons. The van der Waals surface area contributed by atoms with Gasteiger partial charge >= 0.3 is 0 Å². The van der Waals surface area contributed by atoms with E-state index in [4.69, 9.17) is 0 Å². The van der Waals surface area contributed by atoms with Gasteiger partial charge in [0.2, 0.25) is 5.95 Å². The number of nitrogens with one attached hydrogen (secondary N) is 1. The Morgan fingerprint density at radius 3 is 2.87 bits per heavy atom. The molecule has 4 heteroatoms. The van der Waals surface area contributed by atoms with Crippen LogP contribution in [0.25, 0.3) is 10.9 Å². The Bertz CT molecular complexity index is 482. The van der Waals surface area contributed by atoms with Gasteiger partial charge in [0.15, 0.2) is 0 Å². The quantitative estimate of drug-likeness (QED) is 0.906. The number of aromatic nitrogens is 2. The summed E-state index contributed by atoms with van der Waals surface area (Å²) >= 11 is 3.48. The van der Waals surface area contributed by atoms with Crippen molar-refractivity contribution >= 4 is 32.8 Å². The molecule has 0 amide bonds. The van der Waals surface area contributed by atoms with Crippen LogP contribution >= 0.6 is 15.9 Å². The molecule has 0 bridgehead atoms. The summed E-state index contributed by atoms with van der Waals surface area (Å²) in [6.45, 7) is 4.13. The zero-order chi connectivity index (χ0) is 10.8. The van der Waals surface area contributed by atoms with E-state index in [1.54, 1.807) is 0 Å². The number of hydrogen-bond acceptors (Lipinski definition) is 3. The van der Waals surface area contributed by atoms with E-state index >= 15 is 0 Å². The predicted molar refractivity (Wildman–Crippen MR) is 66.0 cm³/mol. The van der Waals surface area contributed by atoms with Gasteiger partial charge in [-0.05, 0) is 35.8 Å². The van der Waals surface area contributed by atoms with Crippen molar-refractivity contribution in [2.24, 2.45) is 0 Å². The molecule has 1 aromatic carbocycles. The second-order valence-corrected chi connectivity index (χ2v) is 4.52. The van der Waals surface area contributed by atoms with E-state index < -0.39 is 0 Å². The van der Waals surface area contributed by atoms with Crippen LogP contribution in [-0.2, 0) is 0 Å². The number of rotatable bonds is 2. The zero-order valence-corrected chi connectivity index (χ0v) is 10.2. The van der Waals surface area contributed by atoms with E-state index in [1.807, 2.05) is 24.4 Å². The third-order valence-electron chi connectivity index (χ3n) is 1.98. The Labute approximate surface area is 97.1 Å². The number of nitrogens with zero attached hydrogens (tertiary/aromatic N) is 2. The van der Waals surface area contributed by atoms with Crippen LogP contribution in [0, 0.1) is 0 Å². The Hall–Kier alpha value is -1.16. The van der Waals surface area contributed by atoms with Crippen molar-refractivity contribution in [2.75, 3.05) is 5.32 Å². The van der Waals surface area contributed by atoms with Gasteiger partial charge < -0.3 is 5.32 Å². The number of hydrogen-bond donors (Lipinski definition) is 1. The normalized spacial score (nSPS) is 10.9. The number of fused-ring (bicyclic) bond motifs is 1. The van der Waals surface area contributed by atoms with Gasteiger partial charge in [-0.15, -0.1) is 0 Å². The third kappa shape index (κ3) is 2.26. The van der Waals surface area contributed by atoms with E-state index in [9.17, 15) is 0 Å². The molecule has 0 aliphatic heterocycles. The third-order valence-corrected chi connectivity index (χ3v) is 2.62. The molecular weight excluding hydrogens is 254 g/mol. The first-order chi connectivity index (χ1) is 7.16. The lowest BCUT2D eigenvalue weighted by Gasteiger charge is -2.08. The Morgan fingerprint density at radius 1 is 1.33 bits per heavy atom. The van der Waals surface area contributed by atoms with Gasteiger partial charge in [0.1, 0.15) is 0 Å². The van der Waals surface area contributed by atoms with Gasteiger partial charge in [0.05, 0.1) is 5.52 Å². The first-order valence-corrected chi connectivity index (χ1v) is 5.64. The first kappa shape index (κ1) is 10.4. The Balaban J connectivity index is 2.50. The van der Waals surface area contributed by atoms with Gasteiger partial charge in [-0.1, -0.05) is 12.1 Å². The monoisotopic (exact) mass is 265 g/mol. The molecular formula is C11H12BrN3. The molecule has 2 aromatic rings. The molecule has 0 unspecified atom stereocenters. The van der Waals surface area contributed by atoms with Crippen molar-refractivity contribution in [1.82, 2.24) is 9.97 Å². The minimum atomic E-state index is 0.338. The maximum Gasteiger partial charge on any atom is 0.223 e. The average Bonchev–Trinajstić information content (AvgIpc) is 2.18. The fourth-order valence-electron chi connectivity index (χ4n) is 1.35. The van der Waals surface area contributed by atoms with Crippen molar-refractivity contribution in [3.05, 3.63) is 28.9 Å². The van der Waals surface area contributed by atoms with Gasteiger partial charge in [0.25, 0.3) is 0 Å². The Morgan fingerprint density at radius 2 is 2.13 bits per heavy atom. The summed E-state index contributed by atoms with van der Waals surface area (Å²) in [6, 6.07) is 6.30. The van der Waals surface area contributed by atoms with Gasteiger partial charge in [-0.3, -0.25) is 0 Å². The van der Waals surface area contributed by atoms with Crippen LogP contribution < -0.4 is 5.32 Å². The SMILES string of the molecule is CC(C)Nc1ncc2cccc(Br)c2n1. The van der Waals surface area contributed by atoms with E-state index in [1.165, 1.54) is 0 Å². The van der Waals surface area contributed by atoms with Crippen LogP contribution in [0.5, 0.6) is 0 Å². The molecule has 0 aliphatic carbocycles. The highest BCUT2D eigenvalue weighted by molar-refractivity contribution is 9.10. The lowest BCUT2D eigenvalue weighted by atomic mass is 10.2. The predicted octanol–water partition coefficient (Wildman–Crippen LogP) is 3.21. The van der Waals surface area contributed by atoms with Gasteiger partial charge in [-0.2, -0.15) is 0 Å². The van der Waals surface area contributed by atoms with E-state index in [-0.39, 0.29) is 0 Å². The minimum absolute atomic E-state index is 0.338. The molecule has 0 saturated heterocycles. The standard InChI is InChI=1S/C11H12BrN3/c1-7(2)14-11-13-6-8-4-3-5-9(12)10(8)15-11/h3-7H,1-2H3,(H,13,14,15). The van der Waals surface area contributed by atoms with Gasteiger partial charge in [-0.25, -0.2) is 9.97 Å². The average molecular weight is 266 g/mol. The van der Waals surface area contributed by atoms with Crippen molar-refractivity contribution in [1.29, 1.82) is 0 Å². The largest absolute Gasteiger partial charge is 0.352 e. The van der Waals surface area contributed by atoms with E-state index in [0.29, 0.717) is 12.0 Å². The second kappa shape index (κ2) is 4.14.